The third-order valence-corrected chi connectivity index (χ3v) is 3.32. The average molecular weight is 371 g/mol. The molecule has 10 N–H and O–H groups in total. The second kappa shape index (κ2) is 10.7. The van der Waals surface area contributed by atoms with Crippen molar-refractivity contribution in [3.8, 4) is 0 Å². The summed E-state index contributed by atoms with van der Waals surface area (Å²) in [6.07, 6.45) is -6.79. The van der Waals surface area contributed by atoms with Crippen molar-refractivity contribution >= 4 is 11.9 Å². The number of carboxylic acid groups (broad SMARTS) is 1. The Morgan fingerprint density at radius 2 is 1.80 bits per heavy atom. The molecule has 0 radical (unpaired) electrons. The number of carbonyl (C=O) groups is 2. The number of nitrogens with two attached hydrogens (primary N) is 1. The van der Waals surface area contributed by atoms with E-state index < -0.39 is 42.4 Å². The van der Waals surface area contributed by atoms with E-state index in [-0.39, 0.29) is 51.8 Å². The van der Waals surface area contributed by atoms with Gasteiger partial charge in [0, 0.05) is 11.8 Å². The van der Waals surface area contributed by atoms with E-state index in [9.17, 15) is 30.0 Å². The molecule has 0 aromatic carbocycles. The van der Waals surface area contributed by atoms with Crippen LogP contribution in [0.5, 0.6) is 0 Å². The molecule has 1 saturated heterocycles. The van der Waals surface area contributed by atoms with Crippen LogP contribution in [0, 0.1) is 0 Å². The summed E-state index contributed by atoms with van der Waals surface area (Å²) in [6, 6.07) is 2.24. The predicted octanol–water partition coefficient (Wildman–Crippen LogP) is -8.69. The van der Waals surface area contributed by atoms with Crippen LogP contribution in [0.3, 0.4) is 0 Å². The number of aliphatic hydroxyl groups is 3. The zero-order valence-corrected chi connectivity index (χ0v) is 15.1. The molecule has 0 saturated carbocycles. The summed E-state index contributed by atoms with van der Waals surface area (Å²) in [5.41, 5.74) is 1.49. The van der Waals surface area contributed by atoms with Crippen molar-refractivity contribution in [3.63, 3.8) is 0 Å². The molecule has 25 heavy (non-hydrogen) atoms. The molecule has 0 aliphatic carbocycles. The van der Waals surface area contributed by atoms with E-state index in [1.54, 1.807) is 5.43 Å². The summed E-state index contributed by atoms with van der Waals surface area (Å²) < 4.78 is 5.23. The first-order valence-corrected chi connectivity index (χ1v) is 6.24. The van der Waals surface area contributed by atoms with Crippen LogP contribution in [0.1, 0.15) is 22.2 Å². The second-order valence-corrected chi connectivity index (χ2v) is 4.71. The molecule has 1 aliphatic rings. The molecule has 0 bridgehead atoms. The number of nitrogens with one attached hydrogen (secondary N) is 1. The smallest absolute Gasteiger partial charge is 0.545 e. The van der Waals surface area contributed by atoms with Crippen molar-refractivity contribution in [2.45, 2.75) is 30.5 Å². The fraction of sp³-hybridized carbons (Fsp3) is 0.417. The van der Waals surface area contributed by atoms with Gasteiger partial charge in [0.2, 0.25) is 0 Å². The van der Waals surface area contributed by atoms with E-state index in [1.165, 1.54) is 6.07 Å². The molecule has 1 aromatic heterocycles. The molecule has 1 fully saturated rings. The number of pyridine rings is 1. The Morgan fingerprint density at radius 1 is 1.20 bits per heavy atom. The van der Waals surface area contributed by atoms with E-state index in [1.807, 2.05) is 0 Å². The van der Waals surface area contributed by atoms with Gasteiger partial charge in [0.1, 0.15) is 24.4 Å². The quantitative estimate of drug-likeness (QED) is 0.146. The van der Waals surface area contributed by atoms with E-state index in [0.717, 1.165) is 12.3 Å². The number of rotatable bonds is 3. The molecule has 1 unspecified atom stereocenters. The Labute approximate surface area is 163 Å². The van der Waals surface area contributed by atoms with Gasteiger partial charge >= 0.3 is 29.6 Å². The van der Waals surface area contributed by atoms with Gasteiger partial charge < -0.3 is 40.9 Å². The van der Waals surface area contributed by atoms with Crippen LogP contribution in [0.4, 0.5) is 0 Å². The van der Waals surface area contributed by atoms with Crippen LogP contribution < -0.4 is 45.9 Å². The molecule has 0 spiro atoms. The first-order chi connectivity index (χ1) is 10.4. The van der Waals surface area contributed by atoms with Gasteiger partial charge in [-0.3, -0.25) is 15.2 Å². The number of hydrogen-bond donors (Lipinski definition) is 5. The van der Waals surface area contributed by atoms with Gasteiger partial charge in [0.25, 0.3) is 5.91 Å². The van der Waals surface area contributed by atoms with Crippen molar-refractivity contribution in [2.75, 3.05) is 0 Å². The third kappa shape index (κ3) is 5.39. The van der Waals surface area contributed by atoms with Gasteiger partial charge in [0.05, 0.1) is 11.7 Å². The molecular formula is C12H18N3NaO9. The van der Waals surface area contributed by atoms with Crippen LogP contribution in [0.25, 0.3) is 0 Å². The van der Waals surface area contributed by atoms with Crippen molar-refractivity contribution < 1.29 is 75.3 Å². The maximum absolute atomic E-state index is 11.5. The molecule has 2 rings (SSSR count). The van der Waals surface area contributed by atoms with Gasteiger partial charge in [0.15, 0.2) is 6.10 Å². The SMILES string of the molecule is NNC(=O)[C@H]1OC(c2cc(C(=O)[O-])ccn2)[C@H](O)[C@@H](O)[C@@H]1O.O.O.[Na+]. The minimum absolute atomic E-state index is 0. The Morgan fingerprint density at radius 3 is 2.32 bits per heavy atom. The minimum Gasteiger partial charge on any atom is -0.545 e. The fourth-order valence-corrected chi connectivity index (χ4v) is 2.15. The molecule has 1 aromatic rings. The molecule has 5 atom stereocenters. The number of amides is 1. The summed E-state index contributed by atoms with van der Waals surface area (Å²) in [5.74, 6) is 2.57. The Balaban J connectivity index is 0. The molecule has 12 nitrogen and oxygen atoms in total. The van der Waals surface area contributed by atoms with Crippen LogP contribution in [-0.2, 0) is 9.53 Å². The van der Waals surface area contributed by atoms with E-state index in [0.29, 0.717) is 0 Å². The number of nitrogens with zero attached hydrogens (tertiary/aromatic N) is 1. The Bertz CT molecular complexity index is 591. The van der Waals surface area contributed by atoms with Gasteiger partial charge in [-0.1, -0.05) is 0 Å². The number of hydrazine groups is 1. The number of aliphatic hydroxyl groups excluding tert-OH is 3. The zero-order valence-electron chi connectivity index (χ0n) is 13.1. The minimum atomic E-state index is -1.71. The summed E-state index contributed by atoms with van der Waals surface area (Å²) >= 11 is 0. The predicted molar refractivity (Wildman–Crippen MR) is 73.8 cm³/mol. The number of aromatic carboxylic acids is 1. The first kappa shape index (κ1) is 26.0. The Kier molecular flexibility index (Phi) is 11.2. The van der Waals surface area contributed by atoms with E-state index in [2.05, 4.69) is 4.98 Å². The maximum Gasteiger partial charge on any atom is 1.00 e. The summed E-state index contributed by atoms with van der Waals surface area (Å²) in [6.45, 7) is 0. The van der Waals surface area contributed by atoms with E-state index >= 15 is 0 Å². The summed E-state index contributed by atoms with van der Waals surface area (Å²) in [4.78, 5) is 26.2. The standard InChI is InChI=1S/C12H15N3O7.Na.2H2O/c13-15-11(19)10-8(18)6(16)7(17)9(22-10)5-3-4(12(20)21)1-2-14-5;;;/h1-3,6-10,16-18H,13H2,(H,15,19)(H,20,21);;2*1H2/q;+1;;/p-1/t6-,7-,8+,9?,10+;;;/m1.../s1. The van der Waals surface area contributed by atoms with Crippen molar-refractivity contribution in [2.24, 2.45) is 5.84 Å². The second-order valence-electron chi connectivity index (χ2n) is 4.71. The molecule has 13 heteroatoms. The summed E-state index contributed by atoms with van der Waals surface area (Å²) in [7, 11) is 0. The molecule has 2 heterocycles. The monoisotopic (exact) mass is 371 g/mol. The molecule has 1 aliphatic heterocycles. The fourth-order valence-electron chi connectivity index (χ4n) is 2.15. The third-order valence-electron chi connectivity index (χ3n) is 3.32. The normalized spacial score (nSPS) is 27.8. The summed E-state index contributed by atoms with van der Waals surface area (Å²) in [5, 5.41) is 40.4. The average Bonchev–Trinajstić information content (AvgIpc) is 2.52. The van der Waals surface area contributed by atoms with Crippen LogP contribution >= 0.6 is 0 Å². The van der Waals surface area contributed by atoms with Crippen molar-refractivity contribution in [3.05, 3.63) is 29.6 Å². The number of ether oxygens (including phenoxy) is 1. The van der Waals surface area contributed by atoms with Crippen molar-refractivity contribution in [1.82, 2.24) is 10.4 Å². The van der Waals surface area contributed by atoms with Crippen LogP contribution in [0.2, 0.25) is 0 Å². The van der Waals surface area contributed by atoms with E-state index in [4.69, 9.17) is 10.6 Å². The van der Waals surface area contributed by atoms with Gasteiger partial charge in [-0.15, -0.1) is 0 Å². The largest absolute Gasteiger partial charge is 1.00 e. The molecule has 136 valence electrons. The van der Waals surface area contributed by atoms with Gasteiger partial charge in [-0.25, -0.2) is 5.84 Å². The number of hydrogen-bond acceptors (Lipinski definition) is 9. The first-order valence-electron chi connectivity index (χ1n) is 6.24. The number of carboxylic acids is 1. The van der Waals surface area contributed by atoms with Gasteiger partial charge in [-0.05, 0) is 12.1 Å². The van der Waals surface area contributed by atoms with Crippen LogP contribution in [0.15, 0.2) is 18.3 Å². The van der Waals surface area contributed by atoms with Crippen molar-refractivity contribution in [1.29, 1.82) is 0 Å². The topological polar surface area (TPSA) is 241 Å². The van der Waals surface area contributed by atoms with Crippen LogP contribution in [-0.4, -0.2) is 67.5 Å². The van der Waals surface area contributed by atoms with Gasteiger partial charge in [-0.2, -0.15) is 0 Å². The number of aromatic nitrogens is 1. The Hall–Kier alpha value is -1.19. The molecular weight excluding hydrogens is 353 g/mol. The number of carbonyl (C=O) groups excluding carboxylic acids is 2. The zero-order chi connectivity index (χ0) is 16.4. The maximum atomic E-state index is 11.5. The molecule has 1 amide bonds.